The zero-order valence-electron chi connectivity index (χ0n) is 20.6. The van der Waals surface area contributed by atoms with Crippen molar-refractivity contribution in [2.45, 2.75) is 96.4 Å². The monoisotopic (exact) mass is 480 g/mol. The molecule has 34 heavy (non-hydrogen) atoms. The highest BCUT2D eigenvalue weighted by atomic mass is 19.5. The lowest BCUT2D eigenvalue weighted by atomic mass is 9.44. The highest BCUT2D eigenvalue weighted by molar-refractivity contribution is 6.50. The van der Waals surface area contributed by atoms with Gasteiger partial charge >= 0.3 is 7.25 Å². The van der Waals surface area contributed by atoms with Gasteiger partial charge in [-0.25, -0.2) is 4.99 Å². The van der Waals surface area contributed by atoms with E-state index in [0.717, 1.165) is 47.5 Å². The van der Waals surface area contributed by atoms with Gasteiger partial charge in [-0.2, -0.15) is 0 Å². The molecule has 8 fully saturated rings. The molecule has 0 aromatic carbocycles. The van der Waals surface area contributed by atoms with E-state index in [1.54, 1.807) is 81.9 Å². The van der Waals surface area contributed by atoms with Crippen molar-refractivity contribution in [2.75, 3.05) is 0 Å². The summed E-state index contributed by atoms with van der Waals surface area (Å²) in [7, 11) is -6.00. The van der Waals surface area contributed by atoms with Gasteiger partial charge in [0, 0.05) is 11.8 Å². The van der Waals surface area contributed by atoms with Crippen molar-refractivity contribution in [1.29, 1.82) is 0 Å². The zero-order valence-corrected chi connectivity index (χ0v) is 20.6. The minimum absolute atomic E-state index is 0.626. The summed E-state index contributed by atoms with van der Waals surface area (Å²) < 4.78 is 39.0. The molecule has 1 N–H and O–H groups in total. The van der Waals surface area contributed by atoms with Gasteiger partial charge in [0.05, 0.1) is 6.20 Å². The van der Waals surface area contributed by atoms with Crippen molar-refractivity contribution in [3.8, 4) is 0 Å². The maximum atomic E-state index is 9.75. The molecule has 0 spiro atoms. The lowest BCUT2D eigenvalue weighted by Crippen LogP contribution is -3.12. The van der Waals surface area contributed by atoms with Gasteiger partial charge in [0.2, 0.25) is 0 Å². The van der Waals surface area contributed by atoms with Gasteiger partial charge < -0.3 is 17.3 Å². The third-order valence-electron chi connectivity index (χ3n) is 11.5. The number of nitrogens with one attached hydrogen (secondary N) is 1. The van der Waals surface area contributed by atoms with Crippen LogP contribution in [0.3, 0.4) is 0 Å². The lowest BCUT2D eigenvalue weighted by Gasteiger charge is -2.61. The molecule has 8 aliphatic carbocycles. The molecule has 9 aliphatic rings. The van der Waals surface area contributed by atoms with Gasteiger partial charge in [-0.3, -0.25) is 4.90 Å². The van der Waals surface area contributed by atoms with Crippen molar-refractivity contribution in [1.82, 2.24) is 0 Å². The summed E-state index contributed by atoms with van der Waals surface area (Å²) in [5.74, 6) is 7.33. The van der Waals surface area contributed by atoms with Crippen LogP contribution in [0.4, 0.5) is 17.3 Å². The molecule has 0 radical (unpaired) electrons. The molecule has 1 aliphatic heterocycles. The second-order valence-electron chi connectivity index (χ2n) is 13.8. The van der Waals surface area contributed by atoms with E-state index < -0.39 is 7.25 Å². The smallest absolute Gasteiger partial charge is 0.418 e. The van der Waals surface area contributed by atoms with E-state index in [2.05, 4.69) is 30.7 Å². The number of hydrogen-bond acceptors (Lipinski definition) is 1. The summed E-state index contributed by atoms with van der Waals surface area (Å²) in [5.41, 5.74) is 1.33. The van der Waals surface area contributed by atoms with Crippen molar-refractivity contribution < 1.29 is 22.2 Å². The minimum Gasteiger partial charge on any atom is -0.418 e. The topological polar surface area (TPSA) is 16.8 Å². The first-order valence-corrected chi connectivity index (χ1v) is 14.0. The first-order chi connectivity index (χ1) is 16.1. The van der Waals surface area contributed by atoms with Crippen LogP contribution in [0.2, 0.25) is 0 Å². The number of halogens is 4. The normalized spacial score (nSPS) is 49.3. The average molecular weight is 480 g/mol. The Morgan fingerprint density at radius 2 is 1.15 bits per heavy atom. The number of quaternary nitrogens is 1. The van der Waals surface area contributed by atoms with E-state index in [1.165, 1.54) is 6.42 Å². The van der Waals surface area contributed by atoms with Crippen molar-refractivity contribution >= 4 is 13.6 Å². The zero-order chi connectivity index (χ0) is 23.7. The van der Waals surface area contributed by atoms with Crippen LogP contribution < -0.4 is 4.90 Å². The highest BCUT2D eigenvalue weighted by Crippen LogP contribution is 2.65. The van der Waals surface area contributed by atoms with Crippen LogP contribution in [0.5, 0.6) is 0 Å². The molecule has 3 unspecified atom stereocenters. The Bertz CT molecular complexity index is 748. The summed E-state index contributed by atoms with van der Waals surface area (Å²) in [4.78, 5) is 6.18. The number of aliphatic imine (C=N–C) groups is 1. The molecule has 9 rings (SSSR count). The molecule has 2 nitrogen and oxygen atoms in total. The standard InChI is InChI=1S/C27H40N2.BF4/c1-18(26-11-19-5-20(12-26)7-21(6-19)13-26)4-25(29-3-2-28-17-29)27-14-22-8-23(15-27)10-24(9-22)16-27;2-1(3,4)5/h2-3,17-25H,4-16H2,1H3;/q;-1/p+1. The van der Waals surface area contributed by atoms with E-state index in [4.69, 9.17) is 0 Å². The molecule has 1 heterocycles. The van der Waals surface area contributed by atoms with Crippen LogP contribution in [0.1, 0.15) is 90.4 Å². The van der Waals surface area contributed by atoms with E-state index in [1.807, 2.05) is 0 Å². The Hall–Kier alpha value is -0.845. The first kappa shape index (κ1) is 23.5. The first-order valence-electron chi connectivity index (χ1n) is 14.0. The average Bonchev–Trinajstić information content (AvgIpc) is 3.22. The number of rotatable bonds is 5. The van der Waals surface area contributed by atoms with Gasteiger partial charge in [-0.15, -0.1) is 0 Å². The summed E-state index contributed by atoms with van der Waals surface area (Å²) >= 11 is 0. The molecule has 0 aromatic heterocycles. The SMILES string of the molecule is CC(CC([NH+]1C=CN=C1)C12CC3CC(CC(C3)C1)C2)C12CC3CC(CC(C3)C1)C2.F[B-](F)(F)F. The molecule has 8 saturated carbocycles. The summed E-state index contributed by atoms with van der Waals surface area (Å²) in [6.07, 6.45) is 27.0. The van der Waals surface area contributed by atoms with Gasteiger partial charge in [-0.1, -0.05) is 6.92 Å². The van der Waals surface area contributed by atoms with E-state index >= 15 is 0 Å². The molecule has 8 bridgehead atoms. The van der Waals surface area contributed by atoms with E-state index in [-0.39, 0.29) is 0 Å². The highest BCUT2D eigenvalue weighted by Gasteiger charge is 2.59. The fraction of sp³-hybridized carbons (Fsp3) is 0.889. The van der Waals surface area contributed by atoms with Crippen molar-refractivity contribution in [2.24, 2.45) is 57.2 Å². The van der Waals surface area contributed by atoms with Crippen molar-refractivity contribution in [3.05, 3.63) is 12.4 Å². The molecular weight excluding hydrogens is 439 g/mol. The summed E-state index contributed by atoms with van der Waals surface area (Å²) in [5, 5.41) is 0. The molecule has 0 amide bonds. The third kappa shape index (κ3) is 4.41. The van der Waals surface area contributed by atoms with Crippen LogP contribution in [-0.4, -0.2) is 19.6 Å². The van der Waals surface area contributed by atoms with E-state index in [9.17, 15) is 17.3 Å². The Labute approximate surface area is 202 Å². The van der Waals surface area contributed by atoms with Crippen LogP contribution in [0, 0.1) is 52.3 Å². The maximum absolute atomic E-state index is 9.75. The van der Waals surface area contributed by atoms with Gasteiger partial charge in [0.15, 0.2) is 6.34 Å². The van der Waals surface area contributed by atoms with Crippen LogP contribution in [0.15, 0.2) is 17.4 Å². The van der Waals surface area contributed by atoms with Crippen LogP contribution in [-0.2, 0) is 0 Å². The molecule has 0 saturated heterocycles. The van der Waals surface area contributed by atoms with Gasteiger partial charge in [0.1, 0.15) is 12.2 Å². The fourth-order valence-electron chi connectivity index (χ4n) is 11.2. The predicted molar refractivity (Wildman–Crippen MR) is 128 cm³/mol. The third-order valence-corrected chi connectivity index (χ3v) is 11.5. The Balaban J connectivity index is 0.000000398. The molecular formula is C27H41BF4N2. The fourth-order valence-corrected chi connectivity index (χ4v) is 11.2. The Kier molecular flexibility index (Phi) is 5.78. The summed E-state index contributed by atoms with van der Waals surface area (Å²) in [6, 6.07) is 0.793. The summed E-state index contributed by atoms with van der Waals surface area (Å²) in [6.45, 7) is 2.69. The minimum atomic E-state index is -6.00. The second-order valence-corrected chi connectivity index (χ2v) is 13.8. The van der Waals surface area contributed by atoms with Gasteiger partial charge in [-0.05, 0) is 124 Å². The molecule has 190 valence electrons. The lowest BCUT2D eigenvalue weighted by molar-refractivity contribution is -0.784. The molecule has 3 atom stereocenters. The van der Waals surface area contributed by atoms with Gasteiger partial charge in [0.25, 0.3) is 0 Å². The van der Waals surface area contributed by atoms with Crippen LogP contribution >= 0.6 is 0 Å². The molecule has 7 heteroatoms. The number of hydrogen-bond donors (Lipinski definition) is 1. The van der Waals surface area contributed by atoms with Crippen molar-refractivity contribution in [3.63, 3.8) is 0 Å². The maximum Gasteiger partial charge on any atom is 0.673 e. The number of nitrogens with zero attached hydrogens (tertiary/aromatic N) is 1. The Morgan fingerprint density at radius 1 is 0.765 bits per heavy atom. The second kappa shape index (κ2) is 8.35. The largest absolute Gasteiger partial charge is 0.673 e. The van der Waals surface area contributed by atoms with Crippen LogP contribution in [0.25, 0.3) is 0 Å². The predicted octanol–water partition coefficient (Wildman–Crippen LogP) is 6.51. The Morgan fingerprint density at radius 3 is 1.50 bits per heavy atom. The quantitative estimate of drug-likeness (QED) is 0.341. The molecule has 0 aromatic rings. The van der Waals surface area contributed by atoms with E-state index in [0.29, 0.717) is 10.8 Å².